The molecular formula is C17H23ClN2O2. The van der Waals surface area contributed by atoms with Crippen LogP contribution >= 0.6 is 11.6 Å². The van der Waals surface area contributed by atoms with Crippen LogP contribution in [0.2, 0.25) is 5.02 Å². The number of hydrogen-bond acceptors (Lipinski definition) is 2. The highest BCUT2D eigenvalue weighted by molar-refractivity contribution is 6.30. The molecule has 1 fully saturated rings. The molecule has 1 aliphatic carbocycles. The van der Waals surface area contributed by atoms with Crippen molar-refractivity contribution in [3.8, 4) is 0 Å². The van der Waals surface area contributed by atoms with Crippen molar-refractivity contribution in [1.82, 2.24) is 10.6 Å². The summed E-state index contributed by atoms with van der Waals surface area (Å²) in [4.78, 5) is 23.5. The Balaban J connectivity index is 2.02. The van der Waals surface area contributed by atoms with Crippen LogP contribution in [0.1, 0.15) is 44.1 Å². The van der Waals surface area contributed by atoms with Crippen molar-refractivity contribution in [2.45, 2.75) is 38.5 Å². The average Bonchev–Trinajstić information content (AvgIpc) is 3.00. The maximum absolute atomic E-state index is 12.6. The van der Waals surface area contributed by atoms with Gasteiger partial charge in [0.15, 0.2) is 0 Å². The SMILES string of the molecule is CC(=O)NCCNC(=O)C(c1ccc(Cl)cc1)C1CCCC1. The van der Waals surface area contributed by atoms with Gasteiger partial charge in [-0.2, -0.15) is 0 Å². The molecule has 1 aromatic carbocycles. The molecule has 0 aromatic heterocycles. The van der Waals surface area contributed by atoms with E-state index in [1.54, 1.807) is 0 Å². The second-order valence-corrected chi connectivity index (χ2v) is 6.28. The fourth-order valence-corrected chi connectivity index (χ4v) is 3.26. The van der Waals surface area contributed by atoms with Crippen LogP contribution in [0.3, 0.4) is 0 Å². The van der Waals surface area contributed by atoms with Crippen LogP contribution in [0.15, 0.2) is 24.3 Å². The molecule has 0 saturated heterocycles. The Bertz CT molecular complexity index is 510. The molecule has 4 nitrogen and oxygen atoms in total. The van der Waals surface area contributed by atoms with Gasteiger partial charge in [0.1, 0.15) is 0 Å². The molecule has 2 N–H and O–H groups in total. The quantitative estimate of drug-likeness (QED) is 0.791. The van der Waals surface area contributed by atoms with Crippen molar-refractivity contribution in [1.29, 1.82) is 0 Å². The van der Waals surface area contributed by atoms with E-state index in [-0.39, 0.29) is 17.7 Å². The smallest absolute Gasteiger partial charge is 0.227 e. The molecule has 2 rings (SSSR count). The third-order valence-electron chi connectivity index (χ3n) is 4.18. The van der Waals surface area contributed by atoms with Crippen molar-refractivity contribution < 1.29 is 9.59 Å². The summed E-state index contributed by atoms with van der Waals surface area (Å²) in [5, 5.41) is 6.31. The van der Waals surface area contributed by atoms with Gasteiger partial charge in [-0.15, -0.1) is 0 Å². The molecule has 1 aromatic rings. The summed E-state index contributed by atoms with van der Waals surface area (Å²) in [6, 6.07) is 7.56. The van der Waals surface area contributed by atoms with Crippen LogP contribution < -0.4 is 10.6 Å². The summed E-state index contributed by atoms with van der Waals surface area (Å²) < 4.78 is 0. The highest BCUT2D eigenvalue weighted by atomic mass is 35.5. The topological polar surface area (TPSA) is 58.2 Å². The van der Waals surface area contributed by atoms with Crippen LogP contribution in [-0.2, 0) is 9.59 Å². The molecule has 0 spiro atoms. The molecule has 1 saturated carbocycles. The predicted octanol–water partition coefficient (Wildman–Crippen LogP) is 2.87. The first-order chi connectivity index (χ1) is 10.6. The monoisotopic (exact) mass is 322 g/mol. The highest BCUT2D eigenvalue weighted by Crippen LogP contribution is 2.37. The van der Waals surface area contributed by atoms with Crippen molar-refractivity contribution >= 4 is 23.4 Å². The molecule has 1 atom stereocenters. The van der Waals surface area contributed by atoms with E-state index in [0.29, 0.717) is 24.0 Å². The predicted molar refractivity (Wildman–Crippen MR) is 87.8 cm³/mol. The van der Waals surface area contributed by atoms with E-state index < -0.39 is 0 Å². The lowest BCUT2D eigenvalue weighted by Gasteiger charge is -2.23. The molecule has 0 radical (unpaired) electrons. The Hall–Kier alpha value is -1.55. The number of benzene rings is 1. The number of amides is 2. The Morgan fingerprint density at radius 1 is 1.14 bits per heavy atom. The van der Waals surface area contributed by atoms with Crippen LogP contribution in [0, 0.1) is 5.92 Å². The maximum atomic E-state index is 12.6. The zero-order valence-electron chi connectivity index (χ0n) is 12.9. The fraction of sp³-hybridized carbons (Fsp3) is 0.529. The summed E-state index contributed by atoms with van der Waals surface area (Å²) in [6.07, 6.45) is 4.56. The second kappa shape index (κ2) is 8.18. The summed E-state index contributed by atoms with van der Waals surface area (Å²) in [6.45, 7) is 2.38. The normalized spacial score (nSPS) is 16.3. The zero-order chi connectivity index (χ0) is 15.9. The van der Waals surface area contributed by atoms with Crippen LogP contribution in [0.4, 0.5) is 0 Å². The highest BCUT2D eigenvalue weighted by Gasteiger charge is 2.31. The molecule has 0 heterocycles. The lowest BCUT2D eigenvalue weighted by atomic mass is 9.84. The largest absolute Gasteiger partial charge is 0.355 e. The molecule has 0 aliphatic heterocycles. The minimum atomic E-state index is -0.128. The number of rotatable bonds is 6. The number of carbonyl (C=O) groups is 2. The van der Waals surface area contributed by atoms with Crippen molar-refractivity contribution in [3.05, 3.63) is 34.9 Å². The maximum Gasteiger partial charge on any atom is 0.227 e. The minimum Gasteiger partial charge on any atom is -0.355 e. The van der Waals surface area contributed by atoms with E-state index in [4.69, 9.17) is 11.6 Å². The summed E-state index contributed by atoms with van der Waals surface area (Å²) in [5.41, 5.74) is 1.02. The molecule has 1 aliphatic rings. The lowest BCUT2D eigenvalue weighted by Crippen LogP contribution is -2.38. The minimum absolute atomic E-state index is 0.0413. The Kier molecular flexibility index (Phi) is 6.25. The van der Waals surface area contributed by atoms with E-state index in [1.807, 2.05) is 24.3 Å². The number of halogens is 1. The first-order valence-electron chi connectivity index (χ1n) is 7.85. The van der Waals surface area contributed by atoms with Gasteiger partial charge in [-0.3, -0.25) is 9.59 Å². The van der Waals surface area contributed by atoms with Crippen LogP contribution in [0.25, 0.3) is 0 Å². The molecule has 2 amide bonds. The van der Waals surface area contributed by atoms with Crippen molar-refractivity contribution in [2.24, 2.45) is 5.92 Å². The van der Waals surface area contributed by atoms with Gasteiger partial charge in [-0.25, -0.2) is 0 Å². The Morgan fingerprint density at radius 2 is 1.73 bits per heavy atom. The Labute approximate surface area is 136 Å². The van der Waals surface area contributed by atoms with Gasteiger partial charge in [0.2, 0.25) is 11.8 Å². The van der Waals surface area contributed by atoms with Gasteiger partial charge < -0.3 is 10.6 Å². The standard InChI is InChI=1S/C17H23ClN2O2/c1-12(21)19-10-11-20-17(22)16(13-4-2-3-5-13)14-6-8-15(18)9-7-14/h6-9,13,16H,2-5,10-11H2,1H3,(H,19,21)(H,20,22). The van der Waals surface area contributed by atoms with Crippen molar-refractivity contribution in [3.63, 3.8) is 0 Å². The Morgan fingerprint density at radius 3 is 2.32 bits per heavy atom. The molecular weight excluding hydrogens is 300 g/mol. The van der Waals surface area contributed by atoms with Gasteiger partial charge in [-0.05, 0) is 36.5 Å². The molecule has 5 heteroatoms. The van der Waals surface area contributed by atoms with E-state index in [9.17, 15) is 9.59 Å². The van der Waals surface area contributed by atoms with E-state index in [2.05, 4.69) is 10.6 Å². The third-order valence-corrected chi connectivity index (χ3v) is 4.43. The summed E-state index contributed by atoms with van der Waals surface area (Å²) >= 11 is 5.95. The second-order valence-electron chi connectivity index (χ2n) is 5.85. The first kappa shape index (κ1) is 16.8. The zero-order valence-corrected chi connectivity index (χ0v) is 13.7. The van der Waals surface area contributed by atoms with Gasteiger partial charge in [0, 0.05) is 25.0 Å². The number of nitrogens with one attached hydrogen (secondary N) is 2. The third kappa shape index (κ3) is 4.73. The van der Waals surface area contributed by atoms with Gasteiger partial charge in [0.05, 0.1) is 5.92 Å². The molecule has 0 bridgehead atoms. The molecule has 22 heavy (non-hydrogen) atoms. The van der Waals surface area contributed by atoms with E-state index in [0.717, 1.165) is 18.4 Å². The van der Waals surface area contributed by atoms with Gasteiger partial charge >= 0.3 is 0 Å². The summed E-state index contributed by atoms with van der Waals surface area (Å²) in [7, 11) is 0. The van der Waals surface area contributed by atoms with Crippen molar-refractivity contribution in [2.75, 3.05) is 13.1 Å². The van der Waals surface area contributed by atoms with Crippen LogP contribution in [-0.4, -0.2) is 24.9 Å². The lowest BCUT2D eigenvalue weighted by molar-refractivity contribution is -0.124. The first-order valence-corrected chi connectivity index (χ1v) is 8.23. The van der Waals surface area contributed by atoms with Gasteiger partial charge in [-0.1, -0.05) is 36.6 Å². The summed E-state index contributed by atoms with van der Waals surface area (Å²) in [5.74, 6) is 0.220. The van der Waals surface area contributed by atoms with Gasteiger partial charge in [0.25, 0.3) is 0 Å². The van der Waals surface area contributed by atoms with E-state index in [1.165, 1.54) is 19.8 Å². The van der Waals surface area contributed by atoms with E-state index >= 15 is 0 Å². The number of carbonyl (C=O) groups excluding carboxylic acids is 2. The number of hydrogen-bond donors (Lipinski definition) is 2. The molecule has 120 valence electrons. The van der Waals surface area contributed by atoms with Crippen LogP contribution in [0.5, 0.6) is 0 Å². The fourth-order valence-electron chi connectivity index (χ4n) is 3.13. The average molecular weight is 323 g/mol. The molecule has 1 unspecified atom stereocenters.